The summed E-state index contributed by atoms with van der Waals surface area (Å²) in [5.41, 5.74) is 1.19. The van der Waals surface area contributed by atoms with Crippen LogP contribution < -0.4 is 5.32 Å². The highest BCUT2D eigenvalue weighted by Gasteiger charge is 2.17. The lowest BCUT2D eigenvalue weighted by molar-refractivity contribution is 0.538. The third kappa shape index (κ3) is 2.70. The van der Waals surface area contributed by atoms with E-state index >= 15 is 0 Å². The summed E-state index contributed by atoms with van der Waals surface area (Å²) in [6.45, 7) is 3.10. The first-order valence-electron chi connectivity index (χ1n) is 5.70. The molecule has 0 bridgehead atoms. The predicted octanol–water partition coefficient (Wildman–Crippen LogP) is 3.32. The number of hydrogen-bond acceptors (Lipinski definition) is 3. The topological polar surface area (TPSA) is 29.9 Å². The van der Waals surface area contributed by atoms with Crippen LogP contribution in [0, 0.1) is 0 Å². The van der Waals surface area contributed by atoms with Gasteiger partial charge in [-0.15, -0.1) is 11.3 Å². The minimum atomic E-state index is 0.168. The van der Waals surface area contributed by atoms with E-state index in [1.165, 1.54) is 10.6 Å². The number of nitrogens with zero attached hydrogens (tertiary/aromatic N) is 2. The van der Waals surface area contributed by atoms with Crippen LogP contribution in [0.25, 0.3) is 0 Å². The molecule has 0 amide bonds. The summed E-state index contributed by atoms with van der Waals surface area (Å²) in [7, 11) is 1.96. The average Bonchev–Trinajstić information content (AvgIpc) is 2.91. The van der Waals surface area contributed by atoms with Crippen LogP contribution in [0.4, 0.5) is 0 Å². The lowest BCUT2D eigenvalue weighted by Gasteiger charge is -2.16. The van der Waals surface area contributed by atoms with Crippen molar-refractivity contribution < 1.29 is 0 Å². The molecule has 0 spiro atoms. The van der Waals surface area contributed by atoms with E-state index in [9.17, 15) is 0 Å². The lowest BCUT2D eigenvalue weighted by atomic mass is 10.1. The van der Waals surface area contributed by atoms with E-state index in [2.05, 4.69) is 34.2 Å². The lowest BCUT2D eigenvalue weighted by Crippen LogP contribution is -2.20. The Morgan fingerprint density at radius 2 is 2.29 bits per heavy atom. The molecule has 0 saturated heterocycles. The Morgan fingerprint density at radius 1 is 1.47 bits per heavy atom. The zero-order valence-electron chi connectivity index (χ0n) is 9.98. The highest BCUT2D eigenvalue weighted by Crippen LogP contribution is 2.30. The van der Waals surface area contributed by atoms with Gasteiger partial charge in [0.05, 0.1) is 16.1 Å². The van der Waals surface area contributed by atoms with Crippen molar-refractivity contribution >= 4 is 22.9 Å². The van der Waals surface area contributed by atoms with E-state index in [1.54, 1.807) is 11.3 Å². The Kier molecular flexibility index (Phi) is 4.20. The van der Waals surface area contributed by atoms with Gasteiger partial charge in [0.25, 0.3) is 0 Å². The summed E-state index contributed by atoms with van der Waals surface area (Å²) in [6.07, 6.45) is 2.93. The second-order valence-corrected chi connectivity index (χ2v) is 5.59. The van der Waals surface area contributed by atoms with Crippen LogP contribution >= 0.6 is 22.9 Å². The fourth-order valence-corrected chi connectivity index (χ4v) is 3.09. The molecular formula is C12H16ClN3S. The number of aromatic nitrogens is 2. The highest BCUT2D eigenvalue weighted by atomic mass is 35.5. The van der Waals surface area contributed by atoms with Crippen molar-refractivity contribution in [3.05, 3.63) is 39.3 Å². The number of nitrogens with one attached hydrogen (secondary N) is 1. The van der Waals surface area contributed by atoms with Crippen LogP contribution in [0.5, 0.6) is 0 Å². The zero-order valence-corrected chi connectivity index (χ0v) is 11.6. The molecule has 0 aliphatic carbocycles. The Morgan fingerprint density at radius 3 is 2.88 bits per heavy atom. The molecule has 0 fully saturated rings. The van der Waals surface area contributed by atoms with E-state index in [4.69, 9.17) is 11.6 Å². The fraction of sp³-hybridized carbons (Fsp3) is 0.417. The Balaban J connectivity index is 2.31. The first-order valence-corrected chi connectivity index (χ1v) is 6.90. The van der Waals surface area contributed by atoms with Gasteiger partial charge in [0.2, 0.25) is 0 Å². The van der Waals surface area contributed by atoms with Crippen molar-refractivity contribution in [2.75, 3.05) is 7.05 Å². The van der Waals surface area contributed by atoms with Crippen molar-refractivity contribution in [1.82, 2.24) is 15.1 Å². The minimum Gasteiger partial charge on any atom is -0.307 e. The molecule has 0 aliphatic rings. The summed E-state index contributed by atoms with van der Waals surface area (Å²) in [6, 6.07) is 6.23. The van der Waals surface area contributed by atoms with Crippen molar-refractivity contribution in [1.29, 1.82) is 0 Å². The van der Waals surface area contributed by atoms with Crippen LogP contribution in [0.1, 0.15) is 30.0 Å². The van der Waals surface area contributed by atoms with E-state index in [1.807, 2.05) is 19.3 Å². The van der Waals surface area contributed by atoms with Crippen LogP contribution in [-0.4, -0.2) is 16.8 Å². The Bertz CT molecular complexity index is 478. The molecule has 0 aliphatic heterocycles. The van der Waals surface area contributed by atoms with E-state index < -0.39 is 0 Å². The molecule has 1 unspecified atom stereocenters. The third-order valence-electron chi connectivity index (χ3n) is 2.65. The van der Waals surface area contributed by atoms with Gasteiger partial charge in [0.1, 0.15) is 0 Å². The maximum Gasteiger partial charge on any atom is 0.0931 e. The van der Waals surface area contributed by atoms with Gasteiger partial charge in [-0.05, 0) is 31.7 Å². The Labute approximate surface area is 110 Å². The summed E-state index contributed by atoms with van der Waals surface area (Å²) < 4.78 is 2.87. The SMILES string of the molecule is CCCn1nccc1C(NC)c1ccc(Cl)s1. The van der Waals surface area contributed by atoms with Crippen molar-refractivity contribution in [2.45, 2.75) is 25.9 Å². The summed E-state index contributed by atoms with van der Waals surface area (Å²) >= 11 is 7.60. The monoisotopic (exact) mass is 269 g/mol. The van der Waals surface area contributed by atoms with Gasteiger partial charge in [-0.2, -0.15) is 5.10 Å². The number of hydrogen-bond donors (Lipinski definition) is 1. The molecule has 1 N–H and O–H groups in total. The molecular weight excluding hydrogens is 254 g/mol. The number of thiophene rings is 1. The summed E-state index contributed by atoms with van der Waals surface area (Å²) in [5.74, 6) is 0. The molecule has 0 aromatic carbocycles. The fourth-order valence-electron chi connectivity index (χ4n) is 1.91. The maximum atomic E-state index is 5.99. The maximum absolute atomic E-state index is 5.99. The van der Waals surface area contributed by atoms with Crippen LogP contribution in [0.15, 0.2) is 24.4 Å². The molecule has 2 rings (SSSR count). The Hall–Kier alpha value is -0.840. The summed E-state index contributed by atoms with van der Waals surface area (Å²) in [5, 5.41) is 7.68. The van der Waals surface area contributed by atoms with Crippen molar-refractivity contribution in [3.63, 3.8) is 0 Å². The minimum absolute atomic E-state index is 0.168. The first-order chi connectivity index (χ1) is 8.26. The van der Waals surface area contributed by atoms with Crippen molar-refractivity contribution in [2.24, 2.45) is 0 Å². The molecule has 2 aromatic heterocycles. The second kappa shape index (κ2) is 5.67. The number of halogens is 1. The molecule has 5 heteroatoms. The van der Waals surface area contributed by atoms with Gasteiger partial charge in [-0.3, -0.25) is 4.68 Å². The van der Waals surface area contributed by atoms with Crippen LogP contribution in [0.2, 0.25) is 4.34 Å². The molecule has 92 valence electrons. The van der Waals surface area contributed by atoms with Crippen molar-refractivity contribution in [3.8, 4) is 0 Å². The first kappa shape index (κ1) is 12.6. The molecule has 3 nitrogen and oxygen atoms in total. The smallest absolute Gasteiger partial charge is 0.0931 e. The van der Waals surface area contributed by atoms with Crippen LogP contribution in [-0.2, 0) is 6.54 Å². The largest absolute Gasteiger partial charge is 0.307 e. The molecule has 1 atom stereocenters. The molecule has 2 aromatic rings. The van der Waals surface area contributed by atoms with Gasteiger partial charge in [0, 0.05) is 17.6 Å². The second-order valence-electron chi connectivity index (χ2n) is 3.84. The number of rotatable bonds is 5. The summed E-state index contributed by atoms with van der Waals surface area (Å²) in [4.78, 5) is 1.22. The molecule has 2 heterocycles. The number of aryl methyl sites for hydroxylation is 1. The van der Waals surface area contributed by atoms with Gasteiger partial charge in [-0.25, -0.2) is 0 Å². The molecule has 0 saturated carbocycles. The third-order valence-corrected chi connectivity index (χ3v) is 3.94. The van der Waals surface area contributed by atoms with Gasteiger partial charge in [-0.1, -0.05) is 18.5 Å². The quantitative estimate of drug-likeness (QED) is 0.902. The van der Waals surface area contributed by atoms with Gasteiger partial charge >= 0.3 is 0 Å². The highest BCUT2D eigenvalue weighted by molar-refractivity contribution is 7.16. The average molecular weight is 270 g/mol. The van der Waals surface area contributed by atoms with Gasteiger partial charge in [0.15, 0.2) is 0 Å². The van der Waals surface area contributed by atoms with E-state index in [0.717, 1.165) is 17.3 Å². The normalized spacial score (nSPS) is 12.9. The standard InChI is InChI=1S/C12H16ClN3S/c1-3-8-16-9(6-7-15-16)12(14-2)10-4-5-11(13)17-10/h4-7,12,14H,3,8H2,1-2H3. The molecule has 17 heavy (non-hydrogen) atoms. The zero-order chi connectivity index (χ0) is 12.3. The molecule has 0 radical (unpaired) electrons. The van der Waals surface area contributed by atoms with Crippen LogP contribution in [0.3, 0.4) is 0 Å². The van der Waals surface area contributed by atoms with E-state index in [0.29, 0.717) is 0 Å². The van der Waals surface area contributed by atoms with Gasteiger partial charge < -0.3 is 5.32 Å². The predicted molar refractivity (Wildman–Crippen MR) is 72.7 cm³/mol. The van der Waals surface area contributed by atoms with E-state index in [-0.39, 0.29) is 6.04 Å².